The summed E-state index contributed by atoms with van der Waals surface area (Å²) < 4.78 is 5.16. The maximum atomic E-state index is 11.8. The summed E-state index contributed by atoms with van der Waals surface area (Å²) in [6.45, 7) is 5.54. The highest BCUT2D eigenvalue weighted by Gasteiger charge is 2.15. The van der Waals surface area contributed by atoms with E-state index in [2.05, 4.69) is 0 Å². The van der Waals surface area contributed by atoms with Crippen molar-refractivity contribution in [2.24, 2.45) is 0 Å². The van der Waals surface area contributed by atoms with Gasteiger partial charge in [0.1, 0.15) is 0 Å². The van der Waals surface area contributed by atoms with E-state index in [1.165, 1.54) is 0 Å². The van der Waals surface area contributed by atoms with Gasteiger partial charge in [0.25, 0.3) is 0 Å². The molecule has 0 amide bonds. The third-order valence-electron chi connectivity index (χ3n) is 2.05. The minimum absolute atomic E-state index is 0.111. The number of halogens is 1. The number of carbonyl (C=O) groups excluding carboxylic acids is 1. The van der Waals surface area contributed by atoms with E-state index in [9.17, 15) is 4.79 Å². The second kappa shape index (κ2) is 5.17. The number of hydrogen-bond acceptors (Lipinski definition) is 2. The minimum Gasteiger partial charge on any atom is -0.459 e. The van der Waals surface area contributed by atoms with Crippen LogP contribution in [0.1, 0.15) is 35.3 Å². The molecule has 0 aliphatic carbocycles. The molecular formula is C12H15ClO2. The van der Waals surface area contributed by atoms with Crippen LogP contribution in [0.3, 0.4) is 0 Å². The van der Waals surface area contributed by atoms with Crippen LogP contribution in [0.2, 0.25) is 0 Å². The first-order valence-corrected chi connectivity index (χ1v) is 5.45. The molecule has 0 saturated heterocycles. The smallest absolute Gasteiger partial charge is 0.338 e. The van der Waals surface area contributed by atoms with E-state index < -0.39 is 0 Å². The third kappa shape index (κ3) is 2.96. The average molecular weight is 227 g/mol. The lowest BCUT2D eigenvalue weighted by Crippen LogP contribution is -2.14. The van der Waals surface area contributed by atoms with Crippen molar-refractivity contribution >= 4 is 17.6 Å². The van der Waals surface area contributed by atoms with Gasteiger partial charge in [-0.2, -0.15) is 0 Å². The molecule has 0 aromatic heterocycles. The molecule has 0 N–H and O–H groups in total. The molecule has 0 unspecified atom stereocenters. The summed E-state index contributed by atoms with van der Waals surface area (Å²) in [5, 5.41) is 0. The Labute approximate surface area is 95.2 Å². The van der Waals surface area contributed by atoms with E-state index in [0.717, 1.165) is 11.1 Å². The minimum atomic E-state index is -0.293. The summed E-state index contributed by atoms with van der Waals surface area (Å²) >= 11 is 5.78. The molecular weight excluding hydrogens is 212 g/mol. The molecule has 0 heterocycles. The van der Waals surface area contributed by atoms with Gasteiger partial charge in [-0.1, -0.05) is 18.2 Å². The van der Waals surface area contributed by atoms with Crippen molar-refractivity contribution < 1.29 is 9.53 Å². The lowest BCUT2D eigenvalue weighted by molar-refractivity contribution is 0.0376. The Hall–Kier alpha value is -1.02. The Morgan fingerprint density at radius 1 is 1.47 bits per heavy atom. The van der Waals surface area contributed by atoms with Gasteiger partial charge in [0.2, 0.25) is 0 Å². The average Bonchev–Trinajstić information content (AvgIpc) is 2.15. The lowest BCUT2D eigenvalue weighted by Gasteiger charge is -2.12. The van der Waals surface area contributed by atoms with Crippen LogP contribution in [0.25, 0.3) is 0 Å². The van der Waals surface area contributed by atoms with Gasteiger partial charge in [-0.25, -0.2) is 4.79 Å². The number of hydrogen-bond donors (Lipinski definition) is 0. The lowest BCUT2D eigenvalue weighted by atomic mass is 10.0. The van der Waals surface area contributed by atoms with Crippen molar-refractivity contribution in [2.45, 2.75) is 32.8 Å². The van der Waals surface area contributed by atoms with Crippen molar-refractivity contribution in [3.63, 3.8) is 0 Å². The zero-order valence-electron chi connectivity index (χ0n) is 9.21. The van der Waals surface area contributed by atoms with Crippen LogP contribution in [0, 0.1) is 6.92 Å². The van der Waals surface area contributed by atoms with Crippen LogP contribution >= 0.6 is 11.6 Å². The molecule has 0 saturated carbocycles. The van der Waals surface area contributed by atoms with Crippen LogP contribution in [-0.2, 0) is 10.6 Å². The zero-order valence-corrected chi connectivity index (χ0v) is 9.97. The highest BCUT2D eigenvalue weighted by Crippen LogP contribution is 2.18. The van der Waals surface area contributed by atoms with Gasteiger partial charge in [-0.05, 0) is 31.9 Å². The number of aryl methyl sites for hydroxylation is 1. The predicted molar refractivity (Wildman–Crippen MR) is 61.3 cm³/mol. The Morgan fingerprint density at radius 2 is 2.13 bits per heavy atom. The molecule has 0 spiro atoms. The molecule has 1 aromatic rings. The molecule has 0 fully saturated rings. The summed E-state index contributed by atoms with van der Waals surface area (Å²) in [5.41, 5.74) is 2.32. The quantitative estimate of drug-likeness (QED) is 0.584. The fourth-order valence-electron chi connectivity index (χ4n) is 1.40. The van der Waals surface area contributed by atoms with Crippen molar-refractivity contribution in [3.05, 3.63) is 34.9 Å². The van der Waals surface area contributed by atoms with Gasteiger partial charge in [0.05, 0.1) is 11.7 Å². The van der Waals surface area contributed by atoms with Crippen LogP contribution in [0.4, 0.5) is 0 Å². The number of esters is 1. The second-order valence-corrected chi connectivity index (χ2v) is 3.96. The second-order valence-electron chi connectivity index (χ2n) is 3.70. The number of alkyl halides is 1. The van der Waals surface area contributed by atoms with Gasteiger partial charge in [-0.15, -0.1) is 11.6 Å². The molecule has 1 rings (SSSR count). The third-order valence-corrected chi connectivity index (χ3v) is 2.34. The van der Waals surface area contributed by atoms with Crippen molar-refractivity contribution in [1.82, 2.24) is 0 Å². The SMILES string of the molecule is Cc1cccc(CCl)c1C(=O)OC(C)C. The Bertz CT molecular complexity index is 359. The first-order chi connectivity index (χ1) is 7.06. The molecule has 0 radical (unpaired) electrons. The largest absolute Gasteiger partial charge is 0.459 e. The molecule has 0 aliphatic rings. The van der Waals surface area contributed by atoms with Crippen LogP contribution in [0.5, 0.6) is 0 Å². The van der Waals surface area contributed by atoms with E-state index >= 15 is 0 Å². The van der Waals surface area contributed by atoms with Gasteiger partial charge in [-0.3, -0.25) is 0 Å². The zero-order chi connectivity index (χ0) is 11.4. The summed E-state index contributed by atoms with van der Waals surface area (Å²) in [6, 6.07) is 5.61. The van der Waals surface area contributed by atoms with Crippen LogP contribution < -0.4 is 0 Å². The number of ether oxygens (including phenoxy) is 1. The Morgan fingerprint density at radius 3 is 2.67 bits per heavy atom. The molecule has 3 heteroatoms. The fourth-order valence-corrected chi connectivity index (χ4v) is 1.63. The Balaban J connectivity index is 3.06. The van der Waals surface area contributed by atoms with E-state index in [0.29, 0.717) is 11.4 Å². The first-order valence-electron chi connectivity index (χ1n) is 4.91. The number of benzene rings is 1. The van der Waals surface area contributed by atoms with E-state index in [-0.39, 0.29) is 12.1 Å². The first kappa shape index (κ1) is 12.1. The van der Waals surface area contributed by atoms with Crippen LogP contribution in [-0.4, -0.2) is 12.1 Å². The maximum absolute atomic E-state index is 11.8. The molecule has 0 atom stereocenters. The van der Waals surface area contributed by atoms with E-state index in [1.54, 1.807) is 0 Å². The number of rotatable bonds is 3. The summed E-state index contributed by atoms with van der Waals surface area (Å²) in [4.78, 5) is 11.8. The van der Waals surface area contributed by atoms with E-state index in [4.69, 9.17) is 16.3 Å². The van der Waals surface area contributed by atoms with Gasteiger partial charge >= 0.3 is 5.97 Å². The topological polar surface area (TPSA) is 26.3 Å². The van der Waals surface area contributed by atoms with Gasteiger partial charge in [0.15, 0.2) is 0 Å². The Kier molecular flexibility index (Phi) is 4.15. The van der Waals surface area contributed by atoms with E-state index in [1.807, 2.05) is 39.0 Å². The molecule has 0 aliphatic heterocycles. The summed E-state index contributed by atoms with van der Waals surface area (Å²) in [7, 11) is 0. The molecule has 82 valence electrons. The predicted octanol–water partition coefficient (Wildman–Crippen LogP) is 3.30. The highest BCUT2D eigenvalue weighted by atomic mass is 35.5. The fraction of sp³-hybridized carbons (Fsp3) is 0.417. The van der Waals surface area contributed by atoms with Crippen molar-refractivity contribution in [1.29, 1.82) is 0 Å². The standard InChI is InChI=1S/C12H15ClO2/c1-8(2)15-12(14)11-9(3)5-4-6-10(11)7-13/h4-6,8H,7H2,1-3H3. The van der Waals surface area contributed by atoms with Gasteiger partial charge in [0, 0.05) is 5.88 Å². The number of carbonyl (C=O) groups is 1. The summed E-state index contributed by atoms with van der Waals surface area (Å²) in [6.07, 6.45) is -0.111. The molecule has 15 heavy (non-hydrogen) atoms. The molecule has 1 aromatic carbocycles. The summed E-state index contributed by atoms with van der Waals surface area (Å²) in [5.74, 6) is 0.0308. The van der Waals surface area contributed by atoms with Gasteiger partial charge < -0.3 is 4.74 Å². The molecule has 2 nitrogen and oxygen atoms in total. The normalized spacial score (nSPS) is 10.5. The van der Waals surface area contributed by atoms with Crippen LogP contribution in [0.15, 0.2) is 18.2 Å². The maximum Gasteiger partial charge on any atom is 0.338 e. The van der Waals surface area contributed by atoms with Crippen molar-refractivity contribution in [2.75, 3.05) is 0 Å². The highest BCUT2D eigenvalue weighted by molar-refractivity contribution is 6.17. The monoisotopic (exact) mass is 226 g/mol. The molecule has 0 bridgehead atoms. The van der Waals surface area contributed by atoms with Crippen molar-refractivity contribution in [3.8, 4) is 0 Å².